The molecule has 1 aromatic carbocycles. The number of nitrogens with zero attached hydrogens (tertiary/aromatic N) is 1. The molecule has 1 saturated heterocycles. The monoisotopic (exact) mass is 303 g/mol. The third-order valence-corrected chi connectivity index (χ3v) is 3.99. The van der Waals surface area contributed by atoms with Gasteiger partial charge in [0.15, 0.2) is 0 Å². The zero-order chi connectivity index (χ0) is 16.1. The number of anilines is 1. The Kier molecular flexibility index (Phi) is 5.41. The Bertz CT molecular complexity index is 544. The first-order valence-corrected chi connectivity index (χ1v) is 7.88. The summed E-state index contributed by atoms with van der Waals surface area (Å²) in [6.45, 7) is 7.27. The van der Waals surface area contributed by atoms with Crippen LogP contribution in [0.15, 0.2) is 24.3 Å². The van der Waals surface area contributed by atoms with Gasteiger partial charge in [0.1, 0.15) is 0 Å². The quantitative estimate of drug-likeness (QED) is 0.901. The molecule has 1 aliphatic heterocycles. The van der Waals surface area contributed by atoms with E-state index in [2.05, 4.69) is 17.6 Å². The zero-order valence-electron chi connectivity index (χ0n) is 13.6. The summed E-state index contributed by atoms with van der Waals surface area (Å²) in [6.07, 6.45) is 2.26. The van der Waals surface area contributed by atoms with E-state index < -0.39 is 0 Å². The lowest BCUT2D eigenvalue weighted by Crippen LogP contribution is -2.45. The standard InChI is InChI=1S/C17H25N3O2/c1-12-6-5-9-20(11-12)17(22)18-13(2)15-7-4-8-16(10-15)19-14(3)21/h4,7-8,10,12-13H,5-6,9,11H2,1-3H3,(H,18,22)(H,19,21). The Balaban J connectivity index is 1.97. The molecule has 3 amide bonds. The lowest BCUT2D eigenvalue weighted by atomic mass is 10.0. The van der Waals surface area contributed by atoms with E-state index in [4.69, 9.17) is 0 Å². The number of nitrogens with one attached hydrogen (secondary N) is 2. The molecular weight excluding hydrogens is 278 g/mol. The van der Waals surface area contributed by atoms with Gasteiger partial charge in [-0.3, -0.25) is 4.79 Å². The van der Waals surface area contributed by atoms with Gasteiger partial charge in [-0.05, 0) is 43.4 Å². The van der Waals surface area contributed by atoms with Gasteiger partial charge in [0.05, 0.1) is 6.04 Å². The predicted molar refractivity (Wildman–Crippen MR) is 87.7 cm³/mol. The smallest absolute Gasteiger partial charge is 0.317 e. The third-order valence-electron chi connectivity index (χ3n) is 3.99. The number of carbonyl (C=O) groups is 2. The molecule has 0 aliphatic carbocycles. The molecule has 1 aromatic rings. The highest BCUT2D eigenvalue weighted by Crippen LogP contribution is 2.19. The van der Waals surface area contributed by atoms with Crippen LogP contribution < -0.4 is 10.6 Å². The van der Waals surface area contributed by atoms with Gasteiger partial charge in [-0.25, -0.2) is 4.79 Å². The van der Waals surface area contributed by atoms with E-state index >= 15 is 0 Å². The molecule has 1 fully saturated rings. The molecule has 5 heteroatoms. The maximum absolute atomic E-state index is 12.3. The topological polar surface area (TPSA) is 61.4 Å². The van der Waals surface area contributed by atoms with Crippen LogP contribution in [0.5, 0.6) is 0 Å². The van der Waals surface area contributed by atoms with Crippen molar-refractivity contribution >= 4 is 17.6 Å². The summed E-state index contributed by atoms with van der Waals surface area (Å²) in [7, 11) is 0. The van der Waals surface area contributed by atoms with Gasteiger partial charge in [0, 0.05) is 25.7 Å². The summed E-state index contributed by atoms with van der Waals surface area (Å²) in [6, 6.07) is 7.46. The van der Waals surface area contributed by atoms with Crippen LogP contribution in [0.25, 0.3) is 0 Å². The van der Waals surface area contributed by atoms with Gasteiger partial charge in [0.2, 0.25) is 5.91 Å². The molecule has 2 N–H and O–H groups in total. The van der Waals surface area contributed by atoms with Crippen LogP contribution in [-0.2, 0) is 4.79 Å². The normalized spacial score (nSPS) is 19.4. The van der Waals surface area contributed by atoms with E-state index in [0.29, 0.717) is 5.92 Å². The van der Waals surface area contributed by atoms with Crippen molar-refractivity contribution in [2.24, 2.45) is 5.92 Å². The van der Waals surface area contributed by atoms with Gasteiger partial charge >= 0.3 is 6.03 Å². The van der Waals surface area contributed by atoms with Crippen molar-refractivity contribution in [3.63, 3.8) is 0 Å². The number of benzene rings is 1. The largest absolute Gasteiger partial charge is 0.331 e. The molecule has 1 aliphatic rings. The molecule has 0 aromatic heterocycles. The Labute approximate surface area is 132 Å². The number of hydrogen-bond acceptors (Lipinski definition) is 2. The summed E-state index contributed by atoms with van der Waals surface area (Å²) >= 11 is 0. The van der Waals surface area contributed by atoms with Crippen molar-refractivity contribution in [2.75, 3.05) is 18.4 Å². The van der Waals surface area contributed by atoms with E-state index in [-0.39, 0.29) is 18.0 Å². The van der Waals surface area contributed by atoms with Crippen LogP contribution in [0.4, 0.5) is 10.5 Å². The van der Waals surface area contributed by atoms with Gasteiger partial charge in [-0.15, -0.1) is 0 Å². The van der Waals surface area contributed by atoms with E-state index in [9.17, 15) is 9.59 Å². The minimum atomic E-state index is -0.101. The Hall–Kier alpha value is -2.04. The lowest BCUT2D eigenvalue weighted by Gasteiger charge is -2.32. The number of piperidine rings is 1. The second kappa shape index (κ2) is 7.29. The minimum Gasteiger partial charge on any atom is -0.331 e. The number of likely N-dealkylation sites (tertiary alicyclic amines) is 1. The average molecular weight is 303 g/mol. The first-order chi connectivity index (χ1) is 10.5. The highest BCUT2D eigenvalue weighted by Gasteiger charge is 2.22. The van der Waals surface area contributed by atoms with Crippen molar-refractivity contribution in [3.8, 4) is 0 Å². The Morgan fingerprint density at radius 1 is 1.36 bits per heavy atom. The molecule has 120 valence electrons. The summed E-state index contributed by atoms with van der Waals surface area (Å²) in [5.41, 5.74) is 1.72. The fourth-order valence-corrected chi connectivity index (χ4v) is 2.82. The molecule has 5 nitrogen and oxygen atoms in total. The lowest BCUT2D eigenvalue weighted by molar-refractivity contribution is -0.114. The zero-order valence-corrected chi connectivity index (χ0v) is 13.6. The first-order valence-electron chi connectivity index (χ1n) is 7.88. The number of rotatable bonds is 3. The molecule has 0 spiro atoms. The van der Waals surface area contributed by atoms with Crippen molar-refractivity contribution in [3.05, 3.63) is 29.8 Å². The van der Waals surface area contributed by atoms with Gasteiger partial charge in [0.25, 0.3) is 0 Å². The summed E-state index contributed by atoms with van der Waals surface area (Å²) in [5, 5.41) is 5.80. The summed E-state index contributed by atoms with van der Waals surface area (Å²) in [5.74, 6) is 0.467. The van der Waals surface area contributed by atoms with Gasteiger partial charge < -0.3 is 15.5 Å². The first kappa shape index (κ1) is 16.3. The van der Waals surface area contributed by atoms with E-state index in [0.717, 1.165) is 30.8 Å². The number of amides is 3. The molecule has 0 bridgehead atoms. The van der Waals surface area contributed by atoms with Crippen LogP contribution in [0.2, 0.25) is 0 Å². The fraction of sp³-hybridized carbons (Fsp3) is 0.529. The van der Waals surface area contributed by atoms with Crippen molar-refractivity contribution in [1.29, 1.82) is 0 Å². The summed E-state index contributed by atoms with van der Waals surface area (Å²) in [4.78, 5) is 25.3. The SMILES string of the molecule is CC(=O)Nc1cccc(C(C)NC(=O)N2CCCC(C)C2)c1. The molecule has 0 radical (unpaired) electrons. The van der Waals surface area contributed by atoms with E-state index in [1.165, 1.54) is 13.3 Å². The van der Waals surface area contributed by atoms with Crippen LogP contribution in [0.1, 0.15) is 45.2 Å². The molecule has 2 unspecified atom stereocenters. The highest BCUT2D eigenvalue weighted by molar-refractivity contribution is 5.88. The maximum Gasteiger partial charge on any atom is 0.317 e. The molecule has 0 saturated carbocycles. The molecular formula is C17H25N3O2. The third kappa shape index (κ3) is 4.48. The van der Waals surface area contributed by atoms with Gasteiger partial charge in [-0.2, -0.15) is 0 Å². The van der Waals surface area contributed by atoms with Crippen LogP contribution in [0.3, 0.4) is 0 Å². The van der Waals surface area contributed by atoms with Gasteiger partial charge in [-0.1, -0.05) is 19.1 Å². The predicted octanol–water partition coefficient (Wildman–Crippen LogP) is 3.15. The van der Waals surface area contributed by atoms with Crippen LogP contribution in [0, 0.1) is 5.92 Å². The molecule has 1 heterocycles. The highest BCUT2D eigenvalue weighted by atomic mass is 16.2. The molecule has 22 heavy (non-hydrogen) atoms. The number of carbonyl (C=O) groups excluding carboxylic acids is 2. The molecule has 2 atom stereocenters. The summed E-state index contributed by atoms with van der Waals surface area (Å²) < 4.78 is 0. The van der Waals surface area contributed by atoms with Crippen molar-refractivity contribution in [2.45, 2.75) is 39.7 Å². The Morgan fingerprint density at radius 2 is 2.14 bits per heavy atom. The second-order valence-corrected chi connectivity index (χ2v) is 6.17. The van der Waals surface area contributed by atoms with Crippen molar-refractivity contribution in [1.82, 2.24) is 10.2 Å². The second-order valence-electron chi connectivity index (χ2n) is 6.17. The van der Waals surface area contributed by atoms with E-state index in [1.807, 2.05) is 36.1 Å². The Morgan fingerprint density at radius 3 is 2.82 bits per heavy atom. The number of urea groups is 1. The molecule has 2 rings (SSSR count). The average Bonchev–Trinajstić information content (AvgIpc) is 2.46. The minimum absolute atomic E-state index is 0.0102. The van der Waals surface area contributed by atoms with E-state index in [1.54, 1.807) is 0 Å². The number of hydrogen-bond donors (Lipinski definition) is 2. The fourth-order valence-electron chi connectivity index (χ4n) is 2.82. The van der Waals surface area contributed by atoms with Crippen molar-refractivity contribution < 1.29 is 9.59 Å². The van der Waals surface area contributed by atoms with Crippen LogP contribution >= 0.6 is 0 Å². The maximum atomic E-state index is 12.3. The van der Waals surface area contributed by atoms with Crippen LogP contribution in [-0.4, -0.2) is 29.9 Å².